The number of hydrogen-bond acceptors (Lipinski definition) is 5. The van der Waals surface area contributed by atoms with E-state index in [1.165, 1.54) is 0 Å². The third kappa shape index (κ3) is 3.08. The van der Waals surface area contributed by atoms with Crippen molar-refractivity contribution < 1.29 is 4.79 Å². The van der Waals surface area contributed by atoms with Crippen LogP contribution in [0.2, 0.25) is 0 Å². The van der Waals surface area contributed by atoms with Gasteiger partial charge in [0.1, 0.15) is 11.9 Å². The van der Waals surface area contributed by atoms with Crippen LogP contribution in [0.1, 0.15) is 13.8 Å². The minimum Gasteiger partial charge on any atom is -0.368 e. The molecule has 1 rings (SSSR count). The largest absolute Gasteiger partial charge is 0.368 e. The number of aromatic nitrogens is 2. The number of carbonyl (C=O) groups excluding carboxylic acids is 1. The third-order valence-corrected chi connectivity index (χ3v) is 2.16. The van der Waals surface area contributed by atoms with E-state index in [9.17, 15) is 4.79 Å². The van der Waals surface area contributed by atoms with Gasteiger partial charge in [0.25, 0.3) is 0 Å². The lowest BCUT2D eigenvalue weighted by atomic mass is 10.0. The van der Waals surface area contributed by atoms with E-state index in [-0.39, 0.29) is 11.8 Å². The highest BCUT2D eigenvalue weighted by Crippen LogP contribution is 2.11. The summed E-state index contributed by atoms with van der Waals surface area (Å²) >= 11 is 0. The van der Waals surface area contributed by atoms with Gasteiger partial charge in [0.2, 0.25) is 11.9 Å². The van der Waals surface area contributed by atoms with Crippen LogP contribution in [-0.2, 0) is 4.79 Å². The van der Waals surface area contributed by atoms with Crippen molar-refractivity contribution in [2.45, 2.75) is 19.9 Å². The Morgan fingerprint density at radius 1 is 1.50 bits per heavy atom. The average Bonchev–Trinajstić information content (AvgIpc) is 2.25. The van der Waals surface area contributed by atoms with Gasteiger partial charge >= 0.3 is 0 Å². The molecule has 6 nitrogen and oxygen atoms in total. The van der Waals surface area contributed by atoms with Crippen LogP contribution in [0, 0.1) is 5.92 Å². The van der Waals surface area contributed by atoms with E-state index in [0.29, 0.717) is 11.8 Å². The van der Waals surface area contributed by atoms with Crippen LogP contribution < -0.4 is 16.4 Å². The number of amides is 1. The van der Waals surface area contributed by atoms with Crippen molar-refractivity contribution in [2.24, 2.45) is 11.7 Å². The molecule has 0 aliphatic carbocycles. The van der Waals surface area contributed by atoms with Gasteiger partial charge in [-0.2, -0.15) is 4.98 Å². The van der Waals surface area contributed by atoms with Crippen LogP contribution in [0.5, 0.6) is 0 Å². The highest BCUT2D eigenvalue weighted by molar-refractivity contribution is 5.82. The fourth-order valence-electron chi connectivity index (χ4n) is 1.29. The van der Waals surface area contributed by atoms with E-state index in [1.54, 1.807) is 19.3 Å². The molecule has 1 amide bonds. The molecule has 4 N–H and O–H groups in total. The van der Waals surface area contributed by atoms with Gasteiger partial charge in [-0.25, -0.2) is 4.98 Å². The van der Waals surface area contributed by atoms with Gasteiger partial charge < -0.3 is 16.4 Å². The Kier molecular flexibility index (Phi) is 4.04. The number of hydrogen-bond donors (Lipinski definition) is 3. The van der Waals surface area contributed by atoms with Gasteiger partial charge in [-0.3, -0.25) is 4.79 Å². The van der Waals surface area contributed by atoms with E-state index in [0.717, 1.165) is 0 Å². The zero-order valence-corrected chi connectivity index (χ0v) is 9.69. The minimum absolute atomic E-state index is 0.102. The Labute approximate surface area is 94.7 Å². The molecule has 0 saturated heterocycles. The molecule has 0 spiro atoms. The molecule has 0 aliphatic heterocycles. The quantitative estimate of drug-likeness (QED) is 0.673. The second-order valence-corrected chi connectivity index (χ2v) is 3.78. The zero-order valence-electron chi connectivity index (χ0n) is 9.69. The van der Waals surface area contributed by atoms with Gasteiger partial charge in [0, 0.05) is 13.2 Å². The van der Waals surface area contributed by atoms with Crippen LogP contribution in [0.4, 0.5) is 11.8 Å². The first-order valence-corrected chi connectivity index (χ1v) is 5.11. The fourth-order valence-corrected chi connectivity index (χ4v) is 1.29. The predicted molar refractivity (Wildman–Crippen MR) is 63.0 cm³/mol. The Bertz CT molecular complexity index is 366. The van der Waals surface area contributed by atoms with E-state index < -0.39 is 6.04 Å². The lowest BCUT2D eigenvalue weighted by molar-refractivity contribution is -0.119. The van der Waals surface area contributed by atoms with Crippen LogP contribution in [0.25, 0.3) is 0 Å². The van der Waals surface area contributed by atoms with Gasteiger partial charge in [-0.1, -0.05) is 13.8 Å². The maximum atomic E-state index is 11.2. The van der Waals surface area contributed by atoms with Crippen LogP contribution in [-0.4, -0.2) is 29.0 Å². The molecule has 6 heteroatoms. The Morgan fingerprint density at radius 2 is 2.19 bits per heavy atom. The smallest absolute Gasteiger partial charge is 0.240 e. The summed E-state index contributed by atoms with van der Waals surface area (Å²) in [6.45, 7) is 3.84. The van der Waals surface area contributed by atoms with E-state index >= 15 is 0 Å². The molecule has 0 bridgehead atoms. The molecule has 0 saturated carbocycles. The summed E-state index contributed by atoms with van der Waals surface area (Å²) < 4.78 is 0. The van der Waals surface area contributed by atoms with E-state index in [4.69, 9.17) is 5.73 Å². The third-order valence-electron chi connectivity index (χ3n) is 2.16. The fraction of sp³-hybridized carbons (Fsp3) is 0.500. The molecule has 16 heavy (non-hydrogen) atoms. The van der Waals surface area contributed by atoms with E-state index in [2.05, 4.69) is 20.6 Å². The van der Waals surface area contributed by atoms with Gasteiger partial charge in [0.15, 0.2) is 0 Å². The predicted octanol–water partition coefficient (Wildman–Crippen LogP) is 0.440. The first-order chi connectivity index (χ1) is 7.54. The first-order valence-electron chi connectivity index (χ1n) is 5.11. The summed E-state index contributed by atoms with van der Waals surface area (Å²) in [5, 5.41) is 5.81. The SMILES string of the molecule is CNc1nccc(NC(C(N)=O)C(C)C)n1. The Morgan fingerprint density at radius 3 is 2.69 bits per heavy atom. The molecule has 1 aromatic heterocycles. The average molecular weight is 223 g/mol. The van der Waals surface area contributed by atoms with Crippen molar-refractivity contribution in [1.29, 1.82) is 0 Å². The summed E-state index contributed by atoms with van der Waals surface area (Å²) in [4.78, 5) is 19.3. The second kappa shape index (κ2) is 5.29. The number of primary amides is 1. The number of nitrogens with zero attached hydrogens (tertiary/aromatic N) is 2. The molecule has 1 aromatic rings. The summed E-state index contributed by atoms with van der Waals surface area (Å²) in [6, 6.07) is 1.26. The van der Waals surface area contributed by atoms with Crippen LogP contribution in [0.15, 0.2) is 12.3 Å². The number of carbonyl (C=O) groups is 1. The maximum absolute atomic E-state index is 11.2. The molecular weight excluding hydrogens is 206 g/mol. The first kappa shape index (κ1) is 12.2. The van der Waals surface area contributed by atoms with Crippen molar-refractivity contribution in [3.63, 3.8) is 0 Å². The topological polar surface area (TPSA) is 92.9 Å². The number of rotatable bonds is 5. The monoisotopic (exact) mass is 223 g/mol. The maximum Gasteiger partial charge on any atom is 0.240 e. The van der Waals surface area contributed by atoms with Crippen LogP contribution >= 0.6 is 0 Å². The molecule has 1 atom stereocenters. The lowest BCUT2D eigenvalue weighted by Gasteiger charge is -2.19. The molecule has 1 heterocycles. The van der Waals surface area contributed by atoms with Crippen molar-refractivity contribution in [3.8, 4) is 0 Å². The molecular formula is C10H17N5O. The molecule has 88 valence electrons. The Hall–Kier alpha value is -1.85. The van der Waals surface area contributed by atoms with Gasteiger partial charge in [-0.15, -0.1) is 0 Å². The van der Waals surface area contributed by atoms with Crippen molar-refractivity contribution in [1.82, 2.24) is 9.97 Å². The van der Waals surface area contributed by atoms with Crippen molar-refractivity contribution in [2.75, 3.05) is 17.7 Å². The number of anilines is 2. The van der Waals surface area contributed by atoms with Gasteiger partial charge in [0.05, 0.1) is 0 Å². The van der Waals surface area contributed by atoms with Crippen molar-refractivity contribution in [3.05, 3.63) is 12.3 Å². The number of nitrogens with two attached hydrogens (primary N) is 1. The molecule has 1 unspecified atom stereocenters. The highest BCUT2D eigenvalue weighted by atomic mass is 16.1. The second-order valence-electron chi connectivity index (χ2n) is 3.78. The van der Waals surface area contributed by atoms with E-state index in [1.807, 2.05) is 13.8 Å². The number of nitrogens with one attached hydrogen (secondary N) is 2. The normalized spacial score (nSPS) is 12.2. The summed E-state index contributed by atoms with van der Waals surface area (Å²) in [6.07, 6.45) is 1.61. The lowest BCUT2D eigenvalue weighted by Crippen LogP contribution is -2.39. The molecule has 0 aliphatic rings. The summed E-state index contributed by atoms with van der Waals surface area (Å²) in [7, 11) is 1.73. The van der Waals surface area contributed by atoms with Crippen LogP contribution in [0.3, 0.4) is 0 Å². The highest BCUT2D eigenvalue weighted by Gasteiger charge is 2.19. The van der Waals surface area contributed by atoms with Crippen molar-refractivity contribution >= 4 is 17.7 Å². The van der Waals surface area contributed by atoms with Gasteiger partial charge in [-0.05, 0) is 12.0 Å². The molecule has 0 fully saturated rings. The zero-order chi connectivity index (χ0) is 12.1. The summed E-state index contributed by atoms with van der Waals surface area (Å²) in [5.41, 5.74) is 5.30. The molecule has 0 aromatic carbocycles. The summed E-state index contributed by atoms with van der Waals surface area (Å²) in [5.74, 6) is 0.791. The molecule has 0 radical (unpaired) electrons. The minimum atomic E-state index is -0.431. The Balaban J connectivity index is 2.81. The standard InChI is InChI=1S/C10H17N5O/c1-6(2)8(9(11)16)14-7-4-5-13-10(12-3)15-7/h4-6,8H,1-3H3,(H2,11,16)(H2,12,13,14,15).